The summed E-state index contributed by atoms with van der Waals surface area (Å²) in [5.74, 6) is 0.0350. The lowest BCUT2D eigenvalue weighted by atomic mass is 9.98. The fraction of sp³-hybridized carbons (Fsp3) is 0.240. The monoisotopic (exact) mass is 418 g/mol. The molecule has 2 N–H and O–H groups in total. The van der Waals surface area contributed by atoms with Crippen LogP contribution in [-0.4, -0.2) is 19.7 Å². The van der Waals surface area contributed by atoms with Crippen LogP contribution < -0.4 is 10.6 Å². The predicted molar refractivity (Wildman–Crippen MR) is 125 cm³/mol. The molecular weight excluding hydrogens is 392 g/mol. The maximum absolute atomic E-state index is 13.0. The van der Waals surface area contributed by atoms with Crippen LogP contribution in [0.5, 0.6) is 0 Å². The van der Waals surface area contributed by atoms with Gasteiger partial charge in [0.1, 0.15) is 6.61 Å². The third kappa shape index (κ3) is 3.38. The normalized spacial score (nSPS) is 12.4. The summed E-state index contributed by atoms with van der Waals surface area (Å²) in [7, 11) is 1.74. The molecule has 0 radical (unpaired) electrons. The number of rotatable bonds is 4. The highest BCUT2D eigenvalue weighted by Gasteiger charge is 2.30. The van der Waals surface area contributed by atoms with Crippen LogP contribution in [0.4, 0.5) is 10.5 Å². The fourth-order valence-electron chi connectivity index (χ4n) is 4.43. The van der Waals surface area contributed by atoms with Gasteiger partial charge < -0.3 is 10.5 Å². The number of ether oxygens (including phenoxy) is 1. The molecule has 1 amide bonds. The molecule has 154 valence electrons. The van der Waals surface area contributed by atoms with E-state index in [1.807, 2.05) is 44.2 Å². The second-order valence-corrected chi connectivity index (χ2v) is 8.20. The molecule has 0 bridgehead atoms. The Hall–Kier alpha value is -2.76. The first-order chi connectivity index (χ1) is 14.4. The molecule has 0 spiro atoms. The highest BCUT2D eigenvalue weighted by atomic mass is 32.1. The molecule has 1 aliphatic rings. The average molecular weight is 419 g/mol. The number of carbonyl (C=O) groups is 1. The van der Waals surface area contributed by atoms with Crippen molar-refractivity contribution in [2.75, 3.05) is 18.6 Å². The van der Waals surface area contributed by atoms with Crippen LogP contribution in [0, 0.1) is 13.8 Å². The molecule has 0 fully saturated rings. The number of nitrogens with zero attached hydrogens (tertiary/aromatic N) is 1. The van der Waals surface area contributed by atoms with E-state index in [1.165, 1.54) is 22.3 Å². The van der Waals surface area contributed by atoms with Gasteiger partial charge in [-0.2, -0.15) is 0 Å². The average Bonchev–Trinajstić information content (AvgIpc) is 3.08. The molecule has 0 heterocycles. The molecule has 0 atom stereocenters. The minimum Gasteiger partial charge on any atom is -0.448 e. The van der Waals surface area contributed by atoms with Crippen LogP contribution >= 0.6 is 12.6 Å². The summed E-state index contributed by atoms with van der Waals surface area (Å²) in [5.41, 5.74) is 14.4. The van der Waals surface area contributed by atoms with Gasteiger partial charge in [0.05, 0.1) is 5.69 Å². The zero-order valence-corrected chi connectivity index (χ0v) is 18.4. The Balaban J connectivity index is 1.59. The first-order valence-electron chi connectivity index (χ1n) is 10.0. The Morgan fingerprint density at radius 1 is 1.03 bits per heavy atom. The van der Waals surface area contributed by atoms with Crippen LogP contribution in [0.25, 0.3) is 11.1 Å². The van der Waals surface area contributed by atoms with E-state index in [4.69, 9.17) is 10.5 Å². The molecule has 0 aromatic heterocycles. The predicted octanol–water partition coefficient (Wildman–Crippen LogP) is 5.44. The molecule has 30 heavy (non-hydrogen) atoms. The van der Waals surface area contributed by atoms with Gasteiger partial charge in [-0.25, -0.2) is 4.79 Å². The standard InChI is InChI=1S/C25H26N2O2S/c1-15-17(13-26)12-23(30)16(2)24(15)27(3)25(28)29-14-22-20-10-6-4-8-18(20)19-9-5-7-11-21(19)22/h4-12,22,30H,13-14,26H2,1-3H3. The summed E-state index contributed by atoms with van der Waals surface area (Å²) in [5, 5.41) is 0. The Labute approximate surface area is 183 Å². The summed E-state index contributed by atoms with van der Waals surface area (Å²) >= 11 is 4.55. The molecule has 0 unspecified atom stereocenters. The van der Waals surface area contributed by atoms with Gasteiger partial charge in [-0.3, -0.25) is 4.90 Å². The second kappa shape index (κ2) is 8.17. The Bertz CT molecular complexity index is 1080. The maximum Gasteiger partial charge on any atom is 0.414 e. The van der Waals surface area contributed by atoms with Crippen molar-refractivity contribution < 1.29 is 9.53 Å². The molecule has 3 aromatic carbocycles. The summed E-state index contributed by atoms with van der Waals surface area (Å²) in [6.45, 7) is 4.62. The highest BCUT2D eigenvalue weighted by Crippen LogP contribution is 2.44. The Morgan fingerprint density at radius 2 is 1.60 bits per heavy atom. The zero-order chi connectivity index (χ0) is 21.4. The van der Waals surface area contributed by atoms with Gasteiger partial charge in [0, 0.05) is 24.4 Å². The smallest absolute Gasteiger partial charge is 0.414 e. The largest absolute Gasteiger partial charge is 0.448 e. The topological polar surface area (TPSA) is 55.6 Å². The number of amides is 1. The van der Waals surface area contributed by atoms with Crippen LogP contribution in [-0.2, 0) is 11.3 Å². The number of benzene rings is 3. The molecular formula is C25H26N2O2S. The van der Waals surface area contributed by atoms with E-state index in [0.717, 1.165) is 27.3 Å². The first-order valence-corrected chi connectivity index (χ1v) is 10.5. The van der Waals surface area contributed by atoms with Crippen LogP contribution in [0.15, 0.2) is 59.5 Å². The fourth-order valence-corrected chi connectivity index (χ4v) is 4.70. The number of anilines is 1. The Morgan fingerprint density at radius 3 is 2.17 bits per heavy atom. The number of thiol groups is 1. The molecule has 4 nitrogen and oxygen atoms in total. The number of nitrogens with two attached hydrogens (primary N) is 1. The van der Waals surface area contributed by atoms with Crippen LogP contribution in [0.2, 0.25) is 0 Å². The molecule has 5 heteroatoms. The number of hydrogen-bond acceptors (Lipinski definition) is 4. The number of carbonyl (C=O) groups excluding carboxylic acids is 1. The van der Waals surface area contributed by atoms with E-state index in [2.05, 4.69) is 36.9 Å². The molecule has 4 rings (SSSR count). The second-order valence-electron chi connectivity index (χ2n) is 7.72. The number of hydrogen-bond donors (Lipinski definition) is 2. The minimum atomic E-state index is -0.384. The molecule has 1 aliphatic carbocycles. The quantitative estimate of drug-likeness (QED) is 0.555. The minimum absolute atomic E-state index is 0.0350. The van der Waals surface area contributed by atoms with Crippen LogP contribution in [0.3, 0.4) is 0 Å². The molecule has 0 saturated heterocycles. The summed E-state index contributed by atoms with van der Waals surface area (Å²) < 4.78 is 5.81. The molecule has 0 aliphatic heterocycles. The van der Waals surface area contributed by atoms with Gasteiger partial charge in [0.15, 0.2) is 0 Å². The lowest BCUT2D eigenvalue weighted by Gasteiger charge is -2.25. The van der Waals surface area contributed by atoms with Crippen molar-refractivity contribution >= 4 is 24.4 Å². The van der Waals surface area contributed by atoms with Gasteiger partial charge in [-0.05, 0) is 58.9 Å². The van der Waals surface area contributed by atoms with Crippen molar-refractivity contribution in [2.24, 2.45) is 5.73 Å². The maximum atomic E-state index is 13.0. The SMILES string of the molecule is Cc1c(S)cc(CN)c(C)c1N(C)C(=O)OCC1c2ccccc2-c2ccccc21. The summed E-state index contributed by atoms with van der Waals surface area (Å²) in [6, 6.07) is 18.6. The summed E-state index contributed by atoms with van der Waals surface area (Å²) in [4.78, 5) is 15.4. The zero-order valence-electron chi connectivity index (χ0n) is 17.5. The first kappa shape index (κ1) is 20.5. The van der Waals surface area contributed by atoms with Crippen molar-refractivity contribution in [3.63, 3.8) is 0 Å². The van der Waals surface area contributed by atoms with E-state index in [-0.39, 0.29) is 12.0 Å². The molecule has 3 aromatic rings. The van der Waals surface area contributed by atoms with Gasteiger partial charge in [-0.1, -0.05) is 48.5 Å². The lowest BCUT2D eigenvalue weighted by Crippen LogP contribution is -2.30. The van der Waals surface area contributed by atoms with E-state index in [1.54, 1.807) is 11.9 Å². The third-order valence-electron chi connectivity index (χ3n) is 6.05. The number of fused-ring (bicyclic) bond motifs is 3. The third-order valence-corrected chi connectivity index (χ3v) is 6.52. The van der Waals surface area contributed by atoms with Crippen molar-refractivity contribution in [1.29, 1.82) is 0 Å². The van der Waals surface area contributed by atoms with Gasteiger partial charge in [-0.15, -0.1) is 12.6 Å². The van der Waals surface area contributed by atoms with Crippen molar-refractivity contribution in [3.05, 3.63) is 82.4 Å². The van der Waals surface area contributed by atoms with E-state index >= 15 is 0 Å². The van der Waals surface area contributed by atoms with Gasteiger partial charge in [0.2, 0.25) is 0 Å². The van der Waals surface area contributed by atoms with E-state index < -0.39 is 0 Å². The lowest BCUT2D eigenvalue weighted by molar-refractivity contribution is 0.151. The van der Waals surface area contributed by atoms with Crippen molar-refractivity contribution in [2.45, 2.75) is 31.2 Å². The van der Waals surface area contributed by atoms with Crippen LogP contribution in [0.1, 0.15) is 33.7 Å². The molecule has 0 saturated carbocycles. The van der Waals surface area contributed by atoms with Gasteiger partial charge in [0.25, 0.3) is 0 Å². The van der Waals surface area contributed by atoms with Crippen molar-refractivity contribution in [3.8, 4) is 11.1 Å². The highest BCUT2D eigenvalue weighted by molar-refractivity contribution is 7.80. The van der Waals surface area contributed by atoms with E-state index in [0.29, 0.717) is 13.2 Å². The summed E-state index contributed by atoms with van der Waals surface area (Å²) in [6.07, 6.45) is -0.384. The Kier molecular flexibility index (Phi) is 5.58. The van der Waals surface area contributed by atoms with Gasteiger partial charge >= 0.3 is 6.09 Å². The van der Waals surface area contributed by atoms with Crippen molar-refractivity contribution in [1.82, 2.24) is 0 Å². The van der Waals surface area contributed by atoms with E-state index in [9.17, 15) is 4.79 Å².